The topological polar surface area (TPSA) is 56.3 Å². The van der Waals surface area contributed by atoms with Crippen molar-refractivity contribution in [3.63, 3.8) is 0 Å². The van der Waals surface area contributed by atoms with Crippen molar-refractivity contribution in [2.24, 2.45) is 0 Å². The summed E-state index contributed by atoms with van der Waals surface area (Å²) in [5.41, 5.74) is 0.115. The van der Waals surface area contributed by atoms with Crippen LogP contribution in [0.25, 0.3) is 10.8 Å². The quantitative estimate of drug-likeness (QED) is 0.582. The zero-order valence-corrected chi connectivity index (χ0v) is 9.10. The molecule has 2 rings (SSSR count). The van der Waals surface area contributed by atoms with Gasteiger partial charge in [0.2, 0.25) is 0 Å². The Morgan fingerprint density at radius 3 is 2.88 bits per heavy atom. The number of nitro benzene ring substituents is 1. The smallest absolute Gasteiger partial charge is 0.280 e. The third-order valence-corrected chi connectivity index (χ3v) is 2.66. The third-order valence-electron chi connectivity index (χ3n) is 2.66. The average molecular weight is 219 g/mol. The van der Waals surface area contributed by atoms with Crippen molar-refractivity contribution in [2.75, 3.05) is 0 Å². The van der Waals surface area contributed by atoms with Gasteiger partial charge in [0.25, 0.3) is 5.69 Å². The molecule has 1 heterocycles. The molecular formula is C12H13NO3. The number of nitro groups is 1. The molecule has 0 fully saturated rings. The number of furan rings is 1. The monoisotopic (exact) mass is 219 g/mol. The number of benzene rings is 1. The van der Waals surface area contributed by atoms with E-state index in [4.69, 9.17) is 4.42 Å². The van der Waals surface area contributed by atoms with E-state index >= 15 is 0 Å². The maximum Gasteiger partial charge on any atom is 0.280 e. The Labute approximate surface area is 93.0 Å². The number of unbranched alkanes of at least 4 members (excludes halogenated alkanes) is 1. The summed E-state index contributed by atoms with van der Waals surface area (Å²) in [5, 5.41) is 12.3. The number of hydrogen-bond donors (Lipinski definition) is 0. The Hall–Kier alpha value is -1.84. The fraction of sp³-hybridized carbons (Fsp3) is 0.333. The van der Waals surface area contributed by atoms with E-state index in [1.54, 1.807) is 6.07 Å². The molecule has 0 unspecified atom stereocenters. The Morgan fingerprint density at radius 1 is 1.38 bits per heavy atom. The van der Waals surface area contributed by atoms with Crippen molar-refractivity contribution >= 4 is 16.5 Å². The minimum atomic E-state index is -0.374. The summed E-state index contributed by atoms with van der Waals surface area (Å²) in [6.45, 7) is 2.10. The van der Waals surface area contributed by atoms with E-state index in [1.807, 2.05) is 6.07 Å². The minimum absolute atomic E-state index is 0.115. The van der Waals surface area contributed by atoms with Gasteiger partial charge < -0.3 is 4.42 Å². The van der Waals surface area contributed by atoms with E-state index in [0.717, 1.165) is 30.4 Å². The van der Waals surface area contributed by atoms with Gasteiger partial charge in [0.05, 0.1) is 10.3 Å². The Kier molecular flexibility index (Phi) is 2.90. The van der Waals surface area contributed by atoms with Crippen LogP contribution in [0, 0.1) is 10.1 Å². The second-order valence-electron chi connectivity index (χ2n) is 3.76. The van der Waals surface area contributed by atoms with E-state index in [9.17, 15) is 10.1 Å². The molecule has 0 saturated carbocycles. The highest BCUT2D eigenvalue weighted by molar-refractivity contribution is 5.91. The number of fused-ring (bicyclic) bond motifs is 1. The van der Waals surface area contributed by atoms with E-state index in [0.29, 0.717) is 5.39 Å². The summed E-state index contributed by atoms with van der Waals surface area (Å²) in [5.74, 6) is 0.848. The number of hydrogen-bond acceptors (Lipinski definition) is 3. The van der Waals surface area contributed by atoms with E-state index in [1.165, 1.54) is 12.3 Å². The maximum atomic E-state index is 10.8. The highest BCUT2D eigenvalue weighted by Gasteiger charge is 2.15. The lowest BCUT2D eigenvalue weighted by molar-refractivity contribution is -0.383. The van der Waals surface area contributed by atoms with Gasteiger partial charge in [-0.15, -0.1) is 0 Å². The molecule has 0 aliphatic rings. The van der Waals surface area contributed by atoms with Gasteiger partial charge in [0, 0.05) is 17.9 Å². The van der Waals surface area contributed by atoms with Crippen LogP contribution in [0.15, 0.2) is 28.9 Å². The summed E-state index contributed by atoms with van der Waals surface area (Å²) < 4.78 is 5.40. The van der Waals surface area contributed by atoms with Crippen molar-refractivity contribution < 1.29 is 9.34 Å². The Balaban J connectivity index is 2.48. The largest absolute Gasteiger partial charge is 0.468 e. The van der Waals surface area contributed by atoms with E-state index < -0.39 is 0 Å². The predicted octanol–water partition coefficient (Wildman–Crippen LogP) is 3.68. The first-order chi connectivity index (χ1) is 7.74. The van der Waals surface area contributed by atoms with Crippen molar-refractivity contribution in [1.82, 2.24) is 0 Å². The van der Waals surface area contributed by atoms with Gasteiger partial charge in [-0.3, -0.25) is 10.1 Å². The molecular weight excluding hydrogens is 206 g/mol. The fourth-order valence-corrected chi connectivity index (χ4v) is 1.80. The van der Waals surface area contributed by atoms with Crippen molar-refractivity contribution in [3.05, 3.63) is 40.3 Å². The van der Waals surface area contributed by atoms with Crippen LogP contribution >= 0.6 is 0 Å². The van der Waals surface area contributed by atoms with Gasteiger partial charge in [-0.05, 0) is 6.42 Å². The molecule has 0 N–H and O–H groups in total. The van der Waals surface area contributed by atoms with Crippen molar-refractivity contribution in [3.8, 4) is 0 Å². The lowest BCUT2D eigenvalue weighted by Crippen LogP contribution is -1.88. The van der Waals surface area contributed by atoms with Crippen molar-refractivity contribution in [2.45, 2.75) is 26.2 Å². The van der Waals surface area contributed by atoms with Crippen molar-refractivity contribution in [1.29, 1.82) is 0 Å². The molecule has 0 aliphatic heterocycles. The van der Waals surface area contributed by atoms with Gasteiger partial charge in [-0.25, -0.2) is 0 Å². The van der Waals surface area contributed by atoms with Gasteiger partial charge in [0.15, 0.2) is 0 Å². The fourth-order valence-electron chi connectivity index (χ4n) is 1.80. The van der Waals surface area contributed by atoms with E-state index in [-0.39, 0.29) is 10.6 Å². The number of rotatable bonds is 4. The molecule has 0 aliphatic carbocycles. The van der Waals surface area contributed by atoms with Crippen LogP contribution < -0.4 is 0 Å². The summed E-state index contributed by atoms with van der Waals surface area (Å²) in [6.07, 6.45) is 4.43. The van der Waals surface area contributed by atoms with E-state index in [2.05, 4.69) is 6.92 Å². The summed E-state index contributed by atoms with van der Waals surface area (Å²) in [6, 6.07) is 5.07. The molecule has 1 aromatic carbocycles. The summed E-state index contributed by atoms with van der Waals surface area (Å²) in [7, 11) is 0. The molecule has 0 bridgehead atoms. The molecule has 84 valence electrons. The van der Waals surface area contributed by atoms with Gasteiger partial charge >= 0.3 is 0 Å². The van der Waals surface area contributed by atoms with Crippen LogP contribution in [0.4, 0.5) is 5.69 Å². The Bertz CT molecular complexity index is 516. The maximum absolute atomic E-state index is 10.8. The Morgan fingerprint density at radius 2 is 2.19 bits per heavy atom. The van der Waals surface area contributed by atoms with Crippen LogP contribution in [0.3, 0.4) is 0 Å². The summed E-state index contributed by atoms with van der Waals surface area (Å²) in [4.78, 5) is 10.4. The normalized spacial score (nSPS) is 10.8. The molecule has 1 aromatic heterocycles. The van der Waals surface area contributed by atoms with Gasteiger partial charge in [-0.1, -0.05) is 25.5 Å². The highest BCUT2D eigenvalue weighted by Crippen LogP contribution is 2.30. The second kappa shape index (κ2) is 4.35. The molecule has 16 heavy (non-hydrogen) atoms. The first kappa shape index (κ1) is 10.7. The van der Waals surface area contributed by atoms with Crippen LogP contribution in [-0.4, -0.2) is 4.92 Å². The lowest BCUT2D eigenvalue weighted by Gasteiger charge is -1.96. The zero-order chi connectivity index (χ0) is 11.5. The molecule has 0 amide bonds. The SMILES string of the molecule is CCCCc1occ2c([N+](=O)[O-])cccc12. The van der Waals surface area contributed by atoms with Crippen LogP contribution in [0.1, 0.15) is 25.5 Å². The first-order valence-corrected chi connectivity index (χ1v) is 5.37. The number of nitrogens with zero attached hydrogens (tertiary/aromatic N) is 1. The van der Waals surface area contributed by atoms with Crippen LogP contribution in [-0.2, 0) is 6.42 Å². The molecule has 2 aromatic rings. The van der Waals surface area contributed by atoms with Crippen LogP contribution in [0.2, 0.25) is 0 Å². The molecule has 0 saturated heterocycles. The predicted molar refractivity (Wildman–Crippen MR) is 61.5 cm³/mol. The van der Waals surface area contributed by atoms with Gasteiger partial charge in [-0.2, -0.15) is 0 Å². The molecule has 4 heteroatoms. The zero-order valence-electron chi connectivity index (χ0n) is 9.10. The number of non-ortho nitro benzene ring substituents is 1. The first-order valence-electron chi connectivity index (χ1n) is 5.37. The third kappa shape index (κ3) is 1.78. The summed E-state index contributed by atoms with van der Waals surface area (Å²) >= 11 is 0. The molecule has 0 radical (unpaired) electrons. The van der Waals surface area contributed by atoms with Gasteiger partial charge in [0.1, 0.15) is 12.0 Å². The van der Waals surface area contributed by atoms with Crippen LogP contribution in [0.5, 0.6) is 0 Å². The standard InChI is InChI=1S/C12H13NO3/c1-2-3-7-12-9-5-4-6-11(13(14)15)10(9)8-16-12/h4-6,8H,2-3,7H2,1H3. The molecule has 0 spiro atoms. The minimum Gasteiger partial charge on any atom is -0.468 e. The number of aryl methyl sites for hydroxylation is 1. The second-order valence-corrected chi connectivity index (χ2v) is 3.76. The molecule has 0 atom stereocenters. The highest BCUT2D eigenvalue weighted by atomic mass is 16.6. The lowest BCUT2D eigenvalue weighted by atomic mass is 10.1. The average Bonchev–Trinajstić information content (AvgIpc) is 2.69. The molecule has 4 nitrogen and oxygen atoms in total.